The predicted octanol–water partition coefficient (Wildman–Crippen LogP) is 3.36. The molecule has 6 heteroatoms. The van der Waals surface area contributed by atoms with Crippen LogP contribution >= 0.6 is 0 Å². The maximum absolute atomic E-state index is 12.5. The summed E-state index contributed by atoms with van der Waals surface area (Å²) in [7, 11) is 0. The molecular weight excluding hydrogens is 267 g/mol. The fraction of sp³-hybridized carbons (Fsp3) is 0.643. The Morgan fingerprint density at radius 1 is 1.25 bits per heavy atom. The van der Waals surface area contributed by atoms with Crippen LogP contribution in [0.5, 0.6) is 0 Å². The zero-order valence-electron chi connectivity index (χ0n) is 12.4. The number of alkyl halides is 3. The highest BCUT2D eigenvalue weighted by atomic mass is 19.4. The second-order valence-electron chi connectivity index (χ2n) is 5.74. The van der Waals surface area contributed by atoms with E-state index in [9.17, 15) is 13.2 Å². The first-order valence-corrected chi connectivity index (χ1v) is 6.62. The fourth-order valence-electron chi connectivity index (χ4n) is 1.72. The molecule has 0 saturated heterocycles. The number of hydrogen-bond acceptors (Lipinski definition) is 3. The summed E-state index contributed by atoms with van der Waals surface area (Å²) in [5, 5.41) is 3.27. The average molecular weight is 289 g/mol. The normalized spacial score (nSPS) is 12.6. The van der Waals surface area contributed by atoms with Gasteiger partial charge in [-0.2, -0.15) is 13.2 Å². The Kier molecular flexibility index (Phi) is 5.39. The number of anilines is 1. The van der Waals surface area contributed by atoms with Crippen LogP contribution < -0.4 is 10.2 Å². The summed E-state index contributed by atoms with van der Waals surface area (Å²) in [5.41, 5.74) is 1.22. The van der Waals surface area contributed by atoms with Gasteiger partial charge in [-0.05, 0) is 39.8 Å². The van der Waals surface area contributed by atoms with E-state index < -0.39 is 12.7 Å². The van der Waals surface area contributed by atoms with Crippen molar-refractivity contribution in [3.05, 3.63) is 24.0 Å². The van der Waals surface area contributed by atoms with Gasteiger partial charge >= 0.3 is 6.18 Å². The molecule has 1 aromatic rings. The molecule has 114 valence electrons. The molecule has 20 heavy (non-hydrogen) atoms. The molecule has 0 radical (unpaired) electrons. The van der Waals surface area contributed by atoms with Gasteiger partial charge in [0, 0.05) is 30.5 Å². The maximum Gasteiger partial charge on any atom is 0.405 e. The Hall–Kier alpha value is -1.30. The molecule has 0 aliphatic rings. The maximum atomic E-state index is 12.5. The van der Waals surface area contributed by atoms with E-state index >= 15 is 0 Å². The summed E-state index contributed by atoms with van der Waals surface area (Å²) in [6.45, 7) is 7.67. The minimum absolute atomic E-state index is 0.0614. The van der Waals surface area contributed by atoms with Gasteiger partial charge in [-0.15, -0.1) is 0 Å². The van der Waals surface area contributed by atoms with Crippen molar-refractivity contribution in [2.24, 2.45) is 0 Å². The molecule has 0 spiro atoms. The molecule has 1 rings (SSSR count). The number of pyridine rings is 1. The highest BCUT2D eigenvalue weighted by molar-refractivity contribution is 5.46. The van der Waals surface area contributed by atoms with Crippen molar-refractivity contribution in [3.63, 3.8) is 0 Å². The summed E-state index contributed by atoms with van der Waals surface area (Å²) in [6.07, 6.45) is -2.66. The Balaban J connectivity index is 2.80. The molecule has 0 aliphatic carbocycles. The Bertz CT molecular complexity index is 424. The van der Waals surface area contributed by atoms with Crippen LogP contribution in [-0.2, 0) is 6.54 Å². The van der Waals surface area contributed by atoms with Crippen molar-refractivity contribution in [3.8, 4) is 0 Å². The topological polar surface area (TPSA) is 28.2 Å². The van der Waals surface area contributed by atoms with Gasteiger partial charge in [-0.3, -0.25) is 4.98 Å². The van der Waals surface area contributed by atoms with Gasteiger partial charge in [0.1, 0.15) is 6.54 Å². The third-order valence-electron chi connectivity index (χ3n) is 2.72. The Morgan fingerprint density at radius 3 is 2.40 bits per heavy atom. The Morgan fingerprint density at radius 2 is 1.90 bits per heavy atom. The van der Waals surface area contributed by atoms with E-state index in [1.807, 2.05) is 20.8 Å². The van der Waals surface area contributed by atoms with Gasteiger partial charge in [-0.25, -0.2) is 0 Å². The molecule has 0 atom stereocenters. The van der Waals surface area contributed by atoms with Crippen LogP contribution in [0.1, 0.15) is 33.4 Å². The molecule has 0 unspecified atom stereocenters. The molecule has 1 N–H and O–H groups in total. The second kappa shape index (κ2) is 6.43. The number of nitrogens with zero attached hydrogens (tertiary/aromatic N) is 2. The fourth-order valence-corrected chi connectivity index (χ4v) is 1.72. The molecule has 0 aliphatic heterocycles. The standard InChI is InChI=1S/C14H22F3N3/c1-5-20(10-14(15,16)17)12-6-7-18-11(8-12)9-19-13(2,3)4/h6-8,19H,5,9-10H2,1-4H3. The van der Waals surface area contributed by atoms with Gasteiger partial charge in [-0.1, -0.05) is 0 Å². The van der Waals surface area contributed by atoms with Gasteiger partial charge in [0.15, 0.2) is 0 Å². The van der Waals surface area contributed by atoms with Crippen molar-refractivity contribution in [1.29, 1.82) is 0 Å². The van der Waals surface area contributed by atoms with Gasteiger partial charge in [0.2, 0.25) is 0 Å². The third-order valence-corrected chi connectivity index (χ3v) is 2.72. The Labute approximate surface area is 118 Å². The monoisotopic (exact) mass is 289 g/mol. The van der Waals surface area contributed by atoms with Crippen LogP contribution in [0.3, 0.4) is 0 Å². The van der Waals surface area contributed by atoms with E-state index in [4.69, 9.17) is 0 Å². The average Bonchev–Trinajstić information content (AvgIpc) is 2.32. The highest BCUT2D eigenvalue weighted by Crippen LogP contribution is 2.22. The van der Waals surface area contributed by atoms with Crippen LogP contribution in [0.25, 0.3) is 0 Å². The molecule has 1 heterocycles. The van der Waals surface area contributed by atoms with Crippen LogP contribution in [0, 0.1) is 0 Å². The van der Waals surface area contributed by atoms with Crippen molar-refractivity contribution in [1.82, 2.24) is 10.3 Å². The SMILES string of the molecule is CCN(CC(F)(F)F)c1ccnc(CNC(C)(C)C)c1. The van der Waals surface area contributed by atoms with E-state index in [1.54, 1.807) is 25.3 Å². The van der Waals surface area contributed by atoms with Crippen molar-refractivity contribution < 1.29 is 13.2 Å². The van der Waals surface area contributed by atoms with E-state index in [1.165, 1.54) is 4.90 Å². The molecule has 0 saturated carbocycles. The minimum atomic E-state index is -4.21. The van der Waals surface area contributed by atoms with Crippen LogP contribution in [0.15, 0.2) is 18.3 Å². The van der Waals surface area contributed by atoms with Gasteiger partial charge in [0.05, 0.1) is 5.69 Å². The molecule has 0 amide bonds. The number of nitrogens with one attached hydrogen (secondary N) is 1. The van der Waals surface area contributed by atoms with Gasteiger partial charge in [0.25, 0.3) is 0 Å². The lowest BCUT2D eigenvalue weighted by atomic mass is 10.1. The lowest BCUT2D eigenvalue weighted by Gasteiger charge is -2.25. The zero-order chi connectivity index (χ0) is 15.4. The molecular formula is C14H22F3N3. The van der Waals surface area contributed by atoms with Crippen LogP contribution in [0.4, 0.5) is 18.9 Å². The quantitative estimate of drug-likeness (QED) is 0.901. The first kappa shape index (κ1) is 16.8. The number of rotatable bonds is 5. The minimum Gasteiger partial charge on any atom is -0.363 e. The largest absolute Gasteiger partial charge is 0.405 e. The van der Waals surface area contributed by atoms with E-state index in [2.05, 4.69) is 10.3 Å². The summed E-state index contributed by atoms with van der Waals surface area (Å²) in [6, 6.07) is 3.31. The lowest BCUT2D eigenvalue weighted by molar-refractivity contribution is -0.119. The van der Waals surface area contributed by atoms with E-state index in [0.717, 1.165) is 5.69 Å². The first-order valence-electron chi connectivity index (χ1n) is 6.62. The van der Waals surface area contributed by atoms with Crippen molar-refractivity contribution in [2.45, 2.75) is 46.0 Å². The summed E-state index contributed by atoms with van der Waals surface area (Å²) in [4.78, 5) is 5.48. The van der Waals surface area contributed by atoms with Crippen LogP contribution in [-0.4, -0.2) is 29.8 Å². The molecule has 0 bridgehead atoms. The van der Waals surface area contributed by atoms with E-state index in [0.29, 0.717) is 18.8 Å². The summed E-state index contributed by atoms with van der Waals surface area (Å²) >= 11 is 0. The smallest absolute Gasteiger partial charge is 0.363 e. The summed E-state index contributed by atoms with van der Waals surface area (Å²) in [5.74, 6) is 0. The molecule has 1 aromatic heterocycles. The zero-order valence-corrected chi connectivity index (χ0v) is 12.4. The molecule has 3 nitrogen and oxygen atoms in total. The van der Waals surface area contributed by atoms with E-state index in [-0.39, 0.29) is 5.54 Å². The first-order chi connectivity index (χ1) is 9.11. The lowest BCUT2D eigenvalue weighted by Crippen LogP contribution is -2.36. The number of hydrogen-bond donors (Lipinski definition) is 1. The number of aromatic nitrogens is 1. The molecule has 0 aromatic carbocycles. The second-order valence-corrected chi connectivity index (χ2v) is 5.74. The van der Waals surface area contributed by atoms with Gasteiger partial charge < -0.3 is 10.2 Å². The molecule has 0 fully saturated rings. The number of halogens is 3. The summed E-state index contributed by atoms with van der Waals surface area (Å²) < 4.78 is 37.5. The van der Waals surface area contributed by atoms with Crippen molar-refractivity contribution >= 4 is 5.69 Å². The van der Waals surface area contributed by atoms with Crippen LogP contribution in [0.2, 0.25) is 0 Å². The predicted molar refractivity (Wildman–Crippen MR) is 74.8 cm³/mol. The third kappa shape index (κ3) is 6.23. The van der Waals surface area contributed by atoms with Crippen molar-refractivity contribution in [2.75, 3.05) is 18.0 Å². The highest BCUT2D eigenvalue weighted by Gasteiger charge is 2.30.